The number of aliphatic hydroxyl groups is 3. The fraction of sp³-hybridized carbons (Fsp3) is 0.740. The second kappa shape index (κ2) is 22.9. The Kier molecular flexibility index (Phi) is 18.5. The number of allylic oxidation sites excluding steroid dienone is 6. The summed E-state index contributed by atoms with van der Waals surface area (Å²) in [6, 6.07) is -1.12. The number of ether oxygens (including phenoxy) is 5. The van der Waals surface area contributed by atoms with E-state index in [1.807, 2.05) is 51.2 Å². The van der Waals surface area contributed by atoms with E-state index in [1.165, 1.54) is 12.0 Å². The maximum atomic E-state index is 14.4. The van der Waals surface area contributed by atoms with Crippen LogP contribution >= 0.6 is 0 Å². The summed E-state index contributed by atoms with van der Waals surface area (Å²) in [4.78, 5) is 72.0. The highest BCUT2D eigenvalue weighted by Gasteiger charge is 2.57. The van der Waals surface area contributed by atoms with Gasteiger partial charge in [-0.2, -0.15) is 0 Å². The van der Waals surface area contributed by atoms with E-state index in [1.54, 1.807) is 41.1 Å². The second-order valence-corrected chi connectivity index (χ2v) is 19.5. The first-order valence-electron chi connectivity index (χ1n) is 23.5. The number of piperidine rings is 1. The van der Waals surface area contributed by atoms with Gasteiger partial charge in [0.15, 0.2) is 5.78 Å². The van der Waals surface area contributed by atoms with Gasteiger partial charge < -0.3 is 43.9 Å². The molecular formula is C50H75NO13. The van der Waals surface area contributed by atoms with E-state index < -0.39 is 95.7 Å². The van der Waals surface area contributed by atoms with Crippen molar-refractivity contribution in [2.24, 2.45) is 41.4 Å². The van der Waals surface area contributed by atoms with Crippen LogP contribution in [-0.4, -0.2) is 132 Å². The Morgan fingerprint density at radius 1 is 0.844 bits per heavy atom. The van der Waals surface area contributed by atoms with E-state index in [2.05, 4.69) is 0 Å². The molecule has 3 N–H and O–H groups in total. The summed E-state index contributed by atoms with van der Waals surface area (Å²) >= 11 is 0. The molecule has 6 bridgehead atoms. The van der Waals surface area contributed by atoms with E-state index in [0.29, 0.717) is 69.8 Å². The summed E-state index contributed by atoms with van der Waals surface area (Å²) in [5, 5.41) is 34.1. The molecule has 1 aliphatic carbocycles. The standard InChI is InChI=1S/C50H75NO13/c1-28-14-11-10-12-15-29(2)40(60-7)26-35-19-17-33(6)50(59,64-35)47(56)48(57)51-21-13-16-36-37(24-34-18-20-38(52)42(25-34)61-8)41(63-49(58)43(36)51)27-39(53)30(3)23-32(5)45(55)46(62-9)44(54)31(4)22-28/h10-12,14-15,23,28,30-31,33-38,40-43,45-46,52,55,59H,13,16-22,24-27H2,1-9H3/b12-10+,14-11+,29-15?,32-23+/t28-,30-,31-,33-,34-,35+,36?,37+,38-,40+,41+,42-,43+,45-,46+,50-/m1/s1. The molecule has 1 unspecified atom stereocenters. The van der Waals surface area contributed by atoms with Crippen molar-refractivity contribution in [2.75, 3.05) is 27.9 Å². The average Bonchev–Trinajstić information content (AvgIpc) is 3.27. The van der Waals surface area contributed by atoms with Crippen LogP contribution in [0.1, 0.15) is 112 Å². The lowest BCUT2D eigenvalue weighted by atomic mass is 9.68. The first-order valence-corrected chi connectivity index (χ1v) is 23.5. The molecule has 14 heteroatoms. The van der Waals surface area contributed by atoms with Crippen molar-refractivity contribution < 1.29 is 63.0 Å². The number of fused-ring (bicyclic) bond motifs is 3. The lowest BCUT2D eigenvalue weighted by molar-refractivity contribution is -0.266. The Labute approximate surface area is 379 Å². The van der Waals surface area contributed by atoms with Crippen molar-refractivity contribution >= 4 is 29.2 Å². The first kappa shape index (κ1) is 51.6. The Morgan fingerprint density at radius 2 is 1.58 bits per heavy atom. The normalized spacial score (nSPS) is 42.3. The number of nitrogens with zero attached hydrogens (tertiary/aromatic N) is 1. The summed E-state index contributed by atoms with van der Waals surface area (Å²) in [6.07, 6.45) is 10.8. The fourth-order valence-corrected chi connectivity index (χ4v) is 10.9. The molecule has 4 fully saturated rings. The van der Waals surface area contributed by atoms with Crippen LogP contribution in [0.4, 0.5) is 0 Å². The van der Waals surface area contributed by atoms with Crippen molar-refractivity contribution in [1.82, 2.24) is 4.90 Å². The van der Waals surface area contributed by atoms with Gasteiger partial charge in [0.25, 0.3) is 11.7 Å². The molecule has 1 saturated carbocycles. The highest BCUT2D eigenvalue weighted by atomic mass is 16.6. The van der Waals surface area contributed by atoms with Crippen molar-refractivity contribution in [2.45, 2.75) is 167 Å². The van der Waals surface area contributed by atoms with Crippen LogP contribution in [0.2, 0.25) is 0 Å². The number of Topliss-reactive ketones (excluding diaryl/α,β-unsaturated/α-hetero) is 3. The molecule has 0 aromatic heterocycles. The van der Waals surface area contributed by atoms with Gasteiger partial charge in [-0.1, -0.05) is 64.2 Å². The van der Waals surface area contributed by atoms with Gasteiger partial charge in [-0.25, -0.2) is 4.79 Å². The quantitative estimate of drug-likeness (QED) is 0.181. The Morgan fingerprint density at radius 3 is 2.27 bits per heavy atom. The minimum Gasteiger partial charge on any atom is -0.460 e. The van der Waals surface area contributed by atoms with Crippen LogP contribution in [0.25, 0.3) is 0 Å². The van der Waals surface area contributed by atoms with Crippen LogP contribution < -0.4 is 0 Å². The van der Waals surface area contributed by atoms with Crippen LogP contribution in [0, 0.1) is 41.4 Å². The third kappa shape index (κ3) is 12.0. The smallest absolute Gasteiger partial charge is 0.329 e. The van der Waals surface area contributed by atoms with Gasteiger partial charge >= 0.3 is 5.97 Å². The average molecular weight is 898 g/mol. The molecule has 64 heavy (non-hydrogen) atoms. The number of rotatable bonds is 5. The fourth-order valence-electron chi connectivity index (χ4n) is 10.9. The molecule has 0 aromatic rings. The van der Waals surface area contributed by atoms with Crippen molar-refractivity contribution in [3.63, 3.8) is 0 Å². The minimum atomic E-state index is -2.43. The topological polar surface area (TPSA) is 195 Å². The molecule has 5 rings (SSSR count). The zero-order valence-electron chi connectivity index (χ0n) is 39.5. The van der Waals surface area contributed by atoms with Crippen molar-refractivity contribution in [3.8, 4) is 0 Å². The van der Waals surface area contributed by atoms with Gasteiger partial charge in [0.2, 0.25) is 5.79 Å². The Balaban J connectivity index is 1.51. The molecule has 16 atom stereocenters. The van der Waals surface area contributed by atoms with Crippen LogP contribution in [0.5, 0.6) is 0 Å². The number of esters is 1. The molecule has 3 saturated heterocycles. The number of aliphatic hydroxyl groups excluding tert-OH is 2. The molecule has 14 nitrogen and oxygen atoms in total. The third-order valence-electron chi connectivity index (χ3n) is 14.9. The van der Waals surface area contributed by atoms with E-state index in [4.69, 9.17) is 23.7 Å². The largest absolute Gasteiger partial charge is 0.460 e. The summed E-state index contributed by atoms with van der Waals surface area (Å²) in [5.41, 5.74) is 1.28. The van der Waals surface area contributed by atoms with E-state index in [9.17, 15) is 39.3 Å². The Bertz CT molecular complexity index is 1790. The van der Waals surface area contributed by atoms with E-state index in [-0.39, 0.29) is 42.5 Å². The van der Waals surface area contributed by atoms with Gasteiger partial charge in [-0.3, -0.25) is 19.2 Å². The molecule has 358 valence electrons. The predicted molar refractivity (Wildman–Crippen MR) is 238 cm³/mol. The molecular weight excluding hydrogens is 823 g/mol. The molecule has 0 spiro atoms. The van der Waals surface area contributed by atoms with Gasteiger partial charge in [0.05, 0.1) is 24.4 Å². The van der Waals surface area contributed by atoms with Gasteiger partial charge in [0.1, 0.15) is 30.1 Å². The summed E-state index contributed by atoms with van der Waals surface area (Å²) in [7, 11) is 4.52. The van der Waals surface area contributed by atoms with Gasteiger partial charge in [-0.15, -0.1) is 0 Å². The predicted octanol–water partition coefficient (Wildman–Crippen LogP) is 5.40. The van der Waals surface area contributed by atoms with Crippen LogP contribution in [-0.2, 0) is 47.7 Å². The SMILES string of the molecule is CO[C@H]1C[C@@H]2CC[C@@H](C)[C@@](O)(O2)C(=O)C(=O)N2CCCC3[C@H]2C(=O)O[C@@H](CC(=O)[C@H](C)/C=C(\C)[C@@H](O)[C@@H](OC)C(=O)[C@H](C)C[C@H](C)/C=C/C=C/C=C1C)[C@H]3C[C@H]1CC[C@@H](O)[C@H](OC)C1. The maximum Gasteiger partial charge on any atom is 0.329 e. The van der Waals surface area contributed by atoms with Crippen molar-refractivity contribution in [1.29, 1.82) is 0 Å². The van der Waals surface area contributed by atoms with E-state index >= 15 is 0 Å². The second-order valence-electron chi connectivity index (χ2n) is 19.5. The summed E-state index contributed by atoms with van der Waals surface area (Å²) < 4.78 is 29.4. The van der Waals surface area contributed by atoms with Crippen LogP contribution in [0.15, 0.2) is 47.6 Å². The third-order valence-corrected chi connectivity index (χ3v) is 14.9. The maximum absolute atomic E-state index is 14.4. The van der Waals surface area contributed by atoms with Crippen LogP contribution in [0.3, 0.4) is 0 Å². The monoisotopic (exact) mass is 898 g/mol. The molecule has 1 amide bonds. The number of ketones is 3. The number of carbonyl (C=O) groups excluding carboxylic acids is 5. The number of amides is 1. The van der Waals surface area contributed by atoms with Gasteiger partial charge in [-0.05, 0) is 101 Å². The molecule has 0 radical (unpaired) electrons. The number of methoxy groups -OCH3 is 3. The Hall–Kier alpha value is -3.37. The van der Waals surface area contributed by atoms with Gasteiger partial charge in [0, 0.05) is 64.4 Å². The molecule has 4 aliphatic heterocycles. The summed E-state index contributed by atoms with van der Waals surface area (Å²) in [5.74, 6) is -8.43. The zero-order valence-corrected chi connectivity index (χ0v) is 39.5. The number of carbonyl (C=O) groups is 5. The zero-order chi connectivity index (χ0) is 47.0. The summed E-state index contributed by atoms with van der Waals surface area (Å²) in [6.45, 7) is 10.9. The lowest BCUT2D eigenvalue weighted by Gasteiger charge is -2.50. The highest BCUT2D eigenvalue weighted by Crippen LogP contribution is 2.45. The van der Waals surface area contributed by atoms with E-state index in [0.717, 1.165) is 5.57 Å². The number of hydrogen-bond donors (Lipinski definition) is 3. The van der Waals surface area contributed by atoms with Crippen molar-refractivity contribution in [3.05, 3.63) is 47.6 Å². The first-order chi connectivity index (χ1) is 30.3. The minimum absolute atomic E-state index is 0.0231. The molecule has 0 aromatic carbocycles. The molecule has 4 heterocycles. The highest BCUT2D eigenvalue weighted by molar-refractivity contribution is 6.39. The number of hydrogen-bond acceptors (Lipinski definition) is 13. The molecule has 5 aliphatic rings. The lowest BCUT2D eigenvalue weighted by Crippen LogP contribution is -2.65.